The zero-order valence-electron chi connectivity index (χ0n) is 14.2. The first kappa shape index (κ1) is 17.0. The van der Waals surface area contributed by atoms with E-state index in [2.05, 4.69) is 22.1 Å². The molecule has 134 valence electrons. The molecule has 3 aromatic rings. The maximum absolute atomic E-state index is 14.3. The Morgan fingerprint density at radius 3 is 2.96 bits per heavy atom. The maximum Gasteiger partial charge on any atom is 0.258 e. The number of aromatic nitrogens is 2. The molecule has 5 nitrogen and oxygen atoms in total. The van der Waals surface area contributed by atoms with Gasteiger partial charge in [0.1, 0.15) is 5.65 Å². The number of anilines is 1. The number of rotatable bonds is 2. The second kappa shape index (κ2) is 6.70. The van der Waals surface area contributed by atoms with Gasteiger partial charge in [0, 0.05) is 43.5 Å². The molecule has 0 aliphatic carbocycles. The number of benzene rings is 1. The molecule has 0 amide bonds. The van der Waals surface area contributed by atoms with Crippen LogP contribution >= 0.6 is 11.6 Å². The molecule has 0 bridgehead atoms. The molecule has 0 radical (unpaired) electrons. The minimum absolute atomic E-state index is 0.00711. The first-order valence-corrected chi connectivity index (χ1v) is 8.87. The van der Waals surface area contributed by atoms with Gasteiger partial charge < -0.3 is 10.2 Å². The van der Waals surface area contributed by atoms with Crippen LogP contribution in [0.15, 0.2) is 47.4 Å². The lowest BCUT2D eigenvalue weighted by atomic mass is 10.1. The summed E-state index contributed by atoms with van der Waals surface area (Å²) in [6.07, 6.45) is 1.79. The predicted octanol–water partition coefficient (Wildman–Crippen LogP) is 2.95. The van der Waals surface area contributed by atoms with E-state index in [9.17, 15) is 9.18 Å². The maximum atomic E-state index is 14.3. The lowest BCUT2D eigenvalue weighted by Crippen LogP contribution is -2.49. The Bertz CT molecular complexity index is 1040. The van der Waals surface area contributed by atoms with Crippen molar-refractivity contribution in [3.05, 3.63) is 63.8 Å². The van der Waals surface area contributed by atoms with Gasteiger partial charge in [0.15, 0.2) is 5.82 Å². The van der Waals surface area contributed by atoms with E-state index in [0.29, 0.717) is 11.7 Å². The van der Waals surface area contributed by atoms with Crippen LogP contribution in [0, 0.1) is 5.82 Å². The molecule has 0 spiro atoms. The van der Waals surface area contributed by atoms with Crippen molar-refractivity contribution >= 4 is 22.9 Å². The quantitative estimate of drug-likeness (QED) is 0.751. The van der Waals surface area contributed by atoms with Crippen LogP contribution in [0.5, 0.6) is 0 Å². The predicted molar refractivity (Wildman–Crippen MR) is 102 cm³/mol. The number of halogens is 2. The van der Waals surface area contributed by atoms with Gasteiger partial charge in [0.05, 0.1) is 16.4 Å². The summed E-state index contributed by atoms with van der Waals surface area (Å²) >= 11 is 5.84. The smallest absolute Gasteiger partial charge is 0.258 e. The summed E-state index contributed by atoms with van der Waals surface area (Å²) < 4.78 is 15.8. The first-order valence-electron chi connectivity index (χ1n) is 8.49. The molecular formula is C19H18ClFN4O. The summed E-state index contributed by atoms with van der Waals surface area (Å²) in [5, 5.41) is 3.40. The van der Waals surface area contributed by atoms with Gasteiger partial charge in [0.2, 0.25) is 0 Å². The molecule has 4 rings (SSSR count). The third-order valence-corrected chi connectivity index (χ3v) is 4.90. The van der Waals surface area contributed by atoms with Crippen LogP contribution in [0.4, 0.5) is 10.1 Å². The van der Waals surface area contributed by atoms with Crippen LogP contribution in [0.2, 0.25) is 5.02 Å². The highest BCUT2D eigenvalue weighted by atomic mass is 35.5. The van der Waals surface area contributed by atoms with Crippen LogP contribution in [-0.4, -0.2) is 35.1 Å². The van der Waals surface area contributed by atoms with Crippen molar-refractivity contribution in [3.63, 3.8) is 0 Å². The van der Waals surface area contributed by atoms with Gasteiger partial charge in [-0.2, -0.15) is 0 Å². The lowest BCUT2D eigenvalue weighted by molar-refractivity contribution is 0.484. The van der Waals surface area contributed by atoms with Crippen LogP contribution in [0.25, 0.3) is 16.9 Å². The van der Waals surface area contributed by atoms with Gasteiger partial charge in [-0.1, -0.05) is 17.7 Å². The fourth-order valence-corrected chi connectivity index (χ4v) is 3.46. The Labute approximate surface area is 155 Å². The monoisotopic (exact) mass is 372 g/mol. The van der Waals surface area contributed by atoms with Crippen molar-refractivity contribution in [1.29, 1.82) is 0 Å². The molecule has 2 aromatic heterocycles. The number of nitrogens with zero attached hydrogens (tertiary/aromatic N) is 3. The Morgan fingerprint density at radius 1 is 1.31 bits per heavy atom. The summed E-state index contributed by atoms with van der Waals surface area (Å²) in [5.74, 6) is -0.572. The summed E-state index contributed by atoms with van der Waals surface area (Å²) in [4.78, 5) is 19.3. The normalized spacial score (nSPS) is 17.7. The summed E-state index contributed by atoms with van der Waals surface area (Å²) in [6.45, 7) is 4.79. The van der Waals surface area contributed by atoms with Crippen LogP contribution in [-0.2, 0) is 0 Å². The average molecular weight is 373 g/mol. The number of fused-ring (bicyclic) bond motifs is 1. The van der Waals surface area contributed by atoms with E-state index in [4.69, 9.17) is 11.6 Å². The van der Waals surface area contributed by atoms with Crippen LogP contribution in [0.1, 0.15) is 6.92 Å². The van der Waals surface area contributed by atoms with Crippen molar-refractivity contribution in [2.45, 2.75) is 13.0 Å². The highest BCUT2D eigenvalue weighted by Gasteiger charge is 2.17. The van der Waals surface area contributed by atoms with E-state index in [1.807, 2.05) is 6.07 Å². The molecule has 1 aromatic carbocycles. The molecule has 0 saturated carbocycles. The summed E-state index contributed by atoms with van der Waals surface area (Å²) in [7, 11) is 0. The fraction of sp³-hybridized carbons (Fsp3) is 0.263. The van der Waals surface area contributed by atoms with E-state index in [-0.39, 0.29) is 21.8 Å². The second-order valence-electron chi connectivity index (χ2n) is 6.50. The highest BCUT2D eigenvalue weighted by Crippen LogP contribution is 2.26. The topological polar surface area (TPSA) is 49.6 Å². The van der Waals surface area contributed by atoms with Gasteiger partial charge >= 0.3 is 0 Å². The molecule has 1 saturated heterocycles. The van der Waals surface area contributed by atoms with Crippen molar-refractivity contribution in [2.75, 3.05) is 24.5 Å². The second-order valence-corrected chi connectivity index (χ2v) is 6.90. The fourth-order valence-electron chi connectivity index (χ4n) is 3.28. The average Bonchev–Trinajstić information content (AvgIpc) is 2.63. The van der Waals surface area contributed by atoms with Crippen molar-refractivity contribution in [1.82, 2.24) is 14.7 Å². The van der Waals surface area contributed by atoms with E-state index in [1.54, 1.807) is 24.4 Å². The largest absolute Gasteiger partial charge is 0.368 e. The van der Waals surface area contributed by atoms with Crippen molar-refractivity contribution in [3.8, 4) is 11.3 Å². The van der Waals surface area contributed by atoms with Crippen molar-refractivity contribution in [2.24, 2.45) is 0 Å². The molecule has 26 heavy (non-hydrogen) atoms. The van der Waals surface area contributed by atoms with E-state index < -0.39 is 5.82 Å². The zero-order chi connectivity index (χ0) is 18.3. The van der Waals surface area contributed by atoms with Crippen LogP contribution < -0.4 is 15.8 Å². The third kappa shape index (κ3) is 3.06. The van der Waals surface area contributed by atoms with Crippen LogP contribution in [0.3, 0.4) is 0 Å². The summed E-state index contributed by atoms with van der Waals surface area (Å²) in [5.41, 5.74) is 1.68. The summed E-state index contributed by atoms with van der Waals surface area (Å²) in [6, 6.07) is 10.1. The minimum atomic E-state index is -0.572. The van der Waals surface area contributed by atoms with Crippen molar-refractivity contribution < 1.29 is 4.39 Å². The number of pyridine rings is 1. The lowest BCUT2D eigenvalue weighted by Gasteiger charge is -2.33. The Morgan fingerprint density at radius 2 is 2.15 bits per heavy atom. The third-order valence-electron chi connectivity index (χ3n) is 4.61. The van der Waals surface area contributed by atoms with Gasteiger partial charge in [0.25, 0.3) is 5.56 Å². The molecule has 1 aliphatic rings. The standard InChI is InChI=1S/C19H18ClFN4O/c1-12-10-24(8-7-22-12)13-5-6-17-23-16(9-18(26)25(17)11-13)14-3-2-4-15(20)19(14)21/h2-6,9,11-12,22H,7-8,10H2,1H3/t12-/m0/s1. The number of piperazine rings is 1. The number of hydrogen-bond acceptors (Lipinski definition) is 4. The number of hydrogen-bond donors (Lipinski definition) is 1. The molecule has 3 heterocycles. The Hall–Kier alpha value is -2.44. The van der Waals surface area contributed by atoms with E-state index in [0.717, 1.165) is 25.3 Å². The van der Waals surface area contributed by atoms with Gasteiger partial charge in [-0.15, -0.1) is 0 Å². The molecule has 1 atom stereocenters. The van der Waals surface area contributed by atoms with E-state index in [1.165, 1.54) is 16.5 Å². The van der Waals surface area contributed by atoms with Gasteiger partial charge in [-0.3, -0.25) is 9.20 Å². The zero-order valence-corrected chi connectivity index (χ0v) is 15.0. The Balaban J connectivity index is 1.78. The molecule has 1 aliphatic heterocycles. The Kier molecular flexibility index (Phi) is 4.38. The molecule has 1 N–H and O–H groups in total. The SMILES string of the molecule is C[C@H]1CN(c2ccc3nc(-c4cccc(Cl)c4F)cc(=O)n3c2)CCN1. The molecule has 0 unspecified atom stereocenters. The molecular weight excluding hydrogens is 355 g/mol. The van der Waals surface area contributed by atoms with E-state index >= 15 is 0 Å². The molecule has 7 heteroatoms. The molecule has 1 fully saturated rings. The van der Waals surface area contributed by atoms with Gasteiger partial charge in [-0.05, 0) is 31.2 Å². The first-order chi connectivity index (χ1) is 12.5. The highest BCUT2D eigenvalue weighted by molar-refractivity contribution is 6.31. The number of nitrogens with one attached hydrogen (secondary N) is 1. The van der Waals surface area contributed by atoms with Gasteiger partial charge in [-0.25, -0.2) is 9.37 Å². The minimum Gasteiger partial charge on any atom is -0.368 e.